The molecule has 1 N–H and O–H groups in total. The average molecular weight is 299 g/mol. The van der Waals surface area contributed by atoms with Crippen LogP contribution in [0.2, 0.25) is 0 Å². The van der Waals surface area contributed by atoms with Gasteiger partial charge in [-0.25, -0.2) is 4.98 Å². The van der Waals surface area contributed by atoms with Gasteiger partial charge in [-0.05, 0) is 24.3 Å². The van der Waals surface area contributed by atoms with Gasteiger partial charge in [-0.3, -0.25) is 4.98 Å². The van der Waals surface area contributed by atoms with Crippen LogP contribution in [0.15, 0.2) is 41.7 Å². The van der Waals surface area contributed by atoms with Gasteiger partial charge in [0.05, 0.1) is 16.3 Å². The van der Waals surface area contributed by atoms with Crippen LogP contribution in [0.3, 0.4) is 0 Å². The molecule has 2 rings (SSSR count). The molecule has 0 saturated heterocycles. The zero-order valence-electron chi connectivity index (χ0n) is 10.6. The number of rotatable bonds is 4. The van der Waals surface area contributed by atoms with Crippen molar-refractivity contribution in [2.45, 2.75) is 17.0 Å². The molecule has 0 fully saturated rings. The highest BCUT2D eigenvalue weighted by Gasteiger charge is 2.30. The van der Waals surface area contributed by atoms with Crippen LogP contribution in [0.25, 0.3) is 0 Å². The molecule has 7 heteroatoms. The highest BCUT2D eigenvalue weighted by Crippen LogP contribution is 2.30. The maximum atomic E-state index is 12.4. The second kappa shape index (κ2) is 6.13. The molecule has 0 aromatic carbocycles. The molecule has 0 unspecified atom stereocenters. The van der Waals surface area contributed by atoms with E-state index in [0.717, 1.165) is 23.6 Å². The molecule has 0 spiro atoms. The number of nitrogens with zero attached hydrogens (tertiary/aromatic N) is 2. The molecule has 0 aliphatic rings. The molecule has 0 saturated carbocycles. The number of halogens is 3. The molecule has 20 heavy (non-hydrogen) atoms. The van der Waals surface area contributed by atoms with Crippen molar-refractivity contribution in [3.63, 3.8) is 0 Å². The average Bonchev–Trinajstić information content (AvgIpc) is 2.45. The summed E-state index contributed by atoms with van der Waals surface area (Å²) in [6, 6.07) is 6.13. The van der Waals surface area contributed by atoms with Crippen molar-refractivity contribution in [2.75, 3.05) is 12.4 Å². The van der Waals surface area contributed by atoms with Gasteiger partial charge in [0.25, 0.3) is 0 Å². The van der Waals surface area contributed by atoms with E-state index in [1.807, 2.05) is 19.2 Å². The van der Waals surface area contributed by atoms with Crippen LogP contribution in [0.4, 0.5) is 18.9 Å². The van der Waals surface area contributed by atoms with Crippen molar-refractivity contribution in [3.8, 4) is 0 Å². The minimum absolute atomic E-state index is 0.537. The maximum Gasteiger partial charge on any atom is 0.417 e. The summed E-state index contributed by atoms with van der Waals surface area (Å²) in [6.07, 6.45) is -1.82. The fourth-order valence-electron chi connectivity index (χ4n) is 1.49. The fourth-order valence-corrected chi connectivity index (χ4v) is 2.24. The van der Waals surface area contributed by atoms with Gasteiger partial charge in [0.15, 0.2) is 0 Å². The third-order valence-electron chi connectivity index (χ3n) is 2.54. The first-order valence-electron chi connectivity index (χ1n) is 5.78. The Kier molecular flexibility index (Phi) is 4.49. The van der Waals surface area contributed by atoms with Crippen LogP contribution < -0.4 is 5.32 Å². The largest absolute Gasteiger partial charge is 0.417 e. The summed E-state index contributed by atoms with van der Waals surface area (Å²) in [7, 11) is 1.81. The summed E-state index contributed by atoms with van der Waals surface area (Å²) in [4.78, 5) is 7.99. The van der Waals surface area contributed by atoms with Crippen molar-refractivity contribution in [2.24, 2.45) is 0 Å². The van der Waals surface area contributed by atoms with Crippen LogP contribution >= 0.6 is 11.8 Å². The highest BCUT2D eigenvalue weighted by molar-refractivity contribution is 7.98. The van der Waals surface area contributed by atoms with E-state index in [2.05, 4.69) is 15.3 Å². The molecule has 106 valence electrons. The Bertz CT molecular complexity index is 570. The Morgan fingerprint density at radius 1 is 1.20 bits per heavy atom. The lowest BCUT2D eigenvalue weighted by Gasteiger charge is -2.07. The first-order chi connectivity index (χ1) is 9.49. The van der Waals surface area contributed by atoms with Crippen molar-refractivity contribution >= 4 is 17.4 Å². The maximum absolute atomic E-state index is 12.4. The summed E-state index contributed by atoms with van der Waals surface area (Å²) in [5.74, 6) is 0.549. The van der Waals surface area contributed by atoms with E-state index in [0.29, 0.717) is 10.8 Å². The van der Waals surface area contributed by atoms with Gasteiger partial charge in [0.1, 0.15) is 0 Å². The van der Waals surface area contributed by atoms with Gasteiger partial charge >= 0.3 is 6.18 Å². The minimum Gasteiger partial charge on any atom is -0.388 e. The minimum atomic E-state index is -4.35. The highest BCUT2D eigenvalue weighted by atomic mass is 32.2. The van der Waals surface area contributed by atoms with E-state index in [1.54, 1.807) is 6.20 Å². The van der Waals surface area contributed by atoms with Crippen LogP contribution in [0.1, 0.15) is 11.3 Å². The number of alkyl halides is 3. The summed E-state index contributed by atoms with van der Waals surface area (Å²) < 4.78 is 37.2. The van der Waals surface area contributed by atoms with Crippen molar-refractivity contribution in [3.05, 3.63) is 47.9 Å². The standard InChI is InChI=1S/C13H12F3N3S/c1-17-10-4-5-18-11(6-10)8-20-12-3-2-9(7-19-12)13(14,15)16/h2-7H,8H2,1H3,(H,17,18). The van der Waals surface area contributed by atoms with Crippen LogP contribution in [0.5, 0.6) is 0 Å². The quantitative estimate of drug-likeness (QED) is 0.871. The Balaban J connectivity index is 2.00. The van der Waals surface area contributed by atoms with Gasteiger partial charge in [-0.15, -0.1) is 11.8 Å². The molecule has 2 aromatic rings. The lowest BCUT2D eigenvalue weighted by atomic mass is 10.3. The Morgan fingerprint density at radius 3 is 2.60 bits per heavy atom. The van der Waals surface area contributed by atoms with E-state index >= 15 is 0 Å². The van der Waals surface area contributed by atoms with Gasteiger partial charge < -0.3 is 5.32 Å². The molecule has 0 atom stereocenters. The number of anilines is 1. The summed E-state index contributed by atoms with van der Waals surface area (Å²) in [5.41, 5.74) is 1.04. The molecule has 3 nitrogen and oxygen atoms in total. The SMILES string of the molecule is CNc1ccnc(CSc2ccc(C(F)(F)F)cn2)c1. The van der Waals surface area contributed by atoms with E-state index in [1.165, 1.54) is 17.8 Å². The molecule has 0 aliphatic heterocycles. The molecular weight excluding hydrogens is 287 g/mol. The topological polar surface area (TPSA) is 37.8 Å². The first kappa shape index (κ1) is 14.6. The lowest BCUT2D eigenvalue weighted by Crippen LogP contribution is -2.05. The van der Waals surface area contributed by atoms with Crippen molar-refractivity contribution in [1.82, 2.24) is 9.97 Å². The zero-order chi connectivity index (χ0) is 14.6. The molecule has 2 aromatic heterocycles. The lowest BCUT2D eigenvalue weighted by molar-refractivity contribution is -0.137. The number of thioether (sulfide) groups is 1. The predicted molar refractivity (Wildman–Crippen MR) is 72.6 cm³/mol. The summed E-state index contributed by atoms with van der Waals surface area (Å²) in [5, 5.41) is 3.54. The second-order valence-electron chi connectivity index (χ2n) is 3.96. The number of nitrogens with one attached hydrogen (secondary N) is 1. The molecule has 0 bridgehead atoms. The van der Waals surface area contributed by atoms with Crippen molar-refractivity contribution in [1.29, 1.82) is 0 Å². The summed E-state index contributed by atoms with van der Waals surface area (Å²) >= 11 is 1.34. The Labute approximate surface area is 118 Å². The van der Waals surface area contributed by atoms with E-state index in [9.17, 15) is 13.2 Å². The third-order valence-corrected chi connectivity index (χ3v) is 3.51. The predicted octanol–water partition coefficient (Wildman–Crippen LogP) is 3.83. The number of hydrogen-bond acceptors (Lipinski definition) is 4. The molecular formula is C13H12F3N3S. The van der Waals surface area contributed by atoms with Crippen LogP contribution in [0, 0.1) is 0 Å². The van der Waals surface area contributed by atoms with Gasteiger partial charge in [0.2, 0.25) is 0 Å². The van der Waals surface area contributed by atoms with E-state index < -0.39 is 11.7 Å². The van der Waals surface area contributed by atoms with Gasteiger partial charge in [-0.1, -0.05) is 0 Å². The summed E-state index contributed by atoms with van der Waals surface area (Å²) in [6.45, 7) is 0. The van der Waals surface area contributed by atoms with E-state index in [4.69, 9.17) is 0 Å². The van der Waals surface area contributed by atoms with Crippen LogP contribution in [-0.2, 0) is 11.9 Å². The molecule has 0 aliphatic carbocycles. The van der Waals surface area contributed by atoms with Crippen molar-refractivity contribution < 1.29 is 13.2 Å². The number of aromatic nitrogens is 2. The van der Waals surface area contributed by atoms with Gasteiger partial charge in [0, 0.05) is 30.9 Å². The second-order valence-corrected chi connectivity index (χ2v) is 4.95. The molecule has 0 radical (unpaired) electrons. The number of hydrogen-bond donors (Lipinski definition) is 1. The van der Waals surface area contributed by atoms with Gasteiger partial charge in [-0.2, -0.15) is 13.2 Å². The zero-order valence-corrected chi connectivity index (χ0v) is 11.4. The normalized spacial score (nSPS) is 11.4. The van der Waals surface area contributed by atoms with E-state index in [-0.39, 0.29) is 0 Å². The molecule has 2 heterocycles. The Hall–Kier alpha value is -1.76. The fraction of sp³-hybridized carbons (Fsp3) is 0.231. The number of pyridine rings is 2. The van der Waals surface area contributed by atoms with Crippen LogP contribution in [-0.4, -0.2) is 17.0 Å². The smallest absolute Gasteiger partial charge is 0.388 e. The third kappa shape index (κ3) is 3.86. The molecule has 0 amide bonds. The first-order valence-corrected chi connectivity index (χ1v) is 6.76. The Morgan fingerprint density at radius 2 is 2.00 bits per heavy atom. The monoisotopic (exact) mass is 299 g/mol.